The van der Waals surface area contributed by atoms with Crippen molar-refractivity contribution < 1.29 is 17.9 Å². The lowest BCUT2D eigenvalue weighted by molar-refractivity contribution is -0.137. The van der Waals surface area contributed by atoms with Crippen molar-refractivity contribution in [2.45, 2.75) is 19.6 Å². The van der Waals surface area contributed by atoms with Crippen molar-refractivity contribution in [1.29, 1.82) is 0 Å². The molecule has 0 aliphatic carbocycles. The predicted molar refractivity (Wildman–Crippen MR) is 70.8 cm³/mol. The summed E-state index contributed by atoms with van der Waals surface area (Å²) >= 11 is 0. The van der Waals surface area contributed by atoms with Gasteiger partial charge in [-0.25, -0.2) is 0 Å². The van der Waals surface area contributed by atoms with E-state index in [-0.39, 0.29) is 0 Å². The van der Waals surface area contributed by atoms with E-state index < -0.39 is 11.7 Å². The van der Waals surface area contributed by atoms with Gasteiger partial charge in [-0.2, -0.15) is 13.2 Å². The Labute approximate surface area is 116 Å². The van der Waals surface area contributed by atoms with Crippen LogP contribution in [0.15, 0.2) is 18.2 Å². The van der Waals surface area contributed by atoms with E-state index in [1.54, 1.807) is 0 Å². The lowest BCUT2D eigenvalue weighted by Crippen LogP contribution is -2.42. The highest BCUT2D eigenvalue weighted by molar-refractivity contribution is 5.38. The second-order valence-corrected chi connectivity index (χ2v) is 4.78. The summed E-state index contributed by atoms with van der Waals surface area (Å²) in [5.41, 5.74) is -0.0188. The van der Waals surface area contributed by atoms with Crippen LogP contribution in [-0.2, 0) is 12.7 Å². The molecule has 0 radical (unpaired) electrons. The van der Waals surface area contributed by atoms with Crippen LogP contribution in [0.1, 0.15) is 18.1 Å². The van der Waals surface area contributed by atoms with Crippen LogP contribution in [0, 0.1) is 0 Å². The third-order valence-electron chi connectivity index (χ3n) is 3.29. The fraction of sp³-hybridized carbons (Fsp3) is 0.571. The first kappa shape index (κ1) is 15.1. The normalized spacial score (nSPS) is 17.2. The summed E-state index contributed by atoms with van der Waals surface area (Å²) in [6.07, 6.45) is -4.32. The molecule has 0 aromatic heterocycles. The van der Waals surface area contributed by atoms with E-state index in [4.69, 9.17) is 4.74 Å². The van der Waals surface area contributed by atoms with Crippen LogP contribution >= 0.6 is 0 Å². The molecule has 1 fully saturated rings. The van der Waals surface area contributed by atoms with Crippen LogP contribution in [0.2, 0.25) is 0 Å². The number of halogens is 3. The molecule has 6 heteroatoms. The lowest BCUT2D eigenvalue weighted by atomic mass is 10.1. The van der Waals surface area contributed by atoms with Crippen LogP contribution in [-0.4, -0.2) is 37.7 Å². The molecule has 1 N–H and O–H groups in total. The van der Waals surface area contributed by atoms with Gasteiger partial charge in [0.2, 0.25) is 0 Å². The minimum Gasteiger partial charge on any atom is -0.494 e. The molecule has 2 rings (SSSR count). The first-order chi connectivity index (χ1) is 9.50. The van der Waals surface area contributed by atoms with E-state index in [9.17, 15) is 13.2 Å². The maximum absolute atomic E-state index is 12.8. The van der Waals surface area contributed by atoms with Gasteiger partial charge in [0.15, 0.2) is 0 Å². The molecule has 0 bridgehead atoms. The van der Waals surface area contributed by atoms with Crippen molar-refractivity contribution in [3.8, 4) is 5.75 Å². The number of nitrogens with one attached hydrogen (secondary N) is 1. The van der Waals surface area contributed by atoms with Gasteiger partial charge in [-0.15, -0.1) is 0 Å². The summed E-state index contributed by atoms with van der Waals surface area (Å²) in [5.74, 6) is 0.541. The maximum atomic E-state index is 12.8. The van der Waals surface area contributed by atoms with Crippen LogP contribution in [0.4, 0.5) is 13.2 Å². The van der Waals surface area contributed by atoms with Gasteiger partial charge in [-0.1, -0.05) is 0 Å². The molecule has 0 amide bonds. The topological polar surface area (TPSA) is 24.5 Å². The SMILES string of the molecule is CCOc1ccc(C(F)(F)F)cc1CN1CCNCC1. The third-order valence-corrected chi connectivity index (χ3v) is 3.29. The summed E-state index contributed by atoms with van der Waals surface area (Å²) in [4.78, 5) is 2.13. The predicted octanol–water partition coefficient (Wildman–Crippen LogP) is 2.51. The first-order valence-corrected chi connectivity index (χ1v) is 6.76. The Kier molecular flexibility index (Phi) is 4.88. The van der Waals surface area contributed by atoms with Crippen molar-refractivity contribution in [3.05, 3.63) is 29.3 Å². The number of alkyl halides is 3. The average molecular weight is 288 g/mol. The second-order valence-electron chi connectivity index (χ2n) is 4.78. The summed E-state index contributed by atoms with van der Waals surface area (Å²) in [6, 6.07) is 3.70. The molecule has 1 aromatic rings. The number of nitrogens with zero attached hydrogens (tertiary/aromatic N) is 1. The molecule has 112 valence electrons. The van der Waals surface area contributed by atoms with Crippen molar-refractivity contribution in [2.75, 3.05) is 32.8 Å². The molecule has 1 aliphatic rings. The Balaban J connectivity index is 2.21. The Morgan fingerprint density at radius 3 is 2.55 bits per heavy atom. The fourth-order valence-electron chi connectivity index (χ4n) is 2.29. The lowest BCUT2D eigenvalue weighted by Gasteiger charge is -2.28. The Morgan fingerprint density at radius 2 is 1.95 bits per heavy atom. The Morgan fingerprint density at radius 1 is 1.25 bits per heavy atom. The third kappa shape index (κ3) is 3.86. The molecule has 0 spiro atoms. The number of hydrogen-bond acceptors (Lipinski definition) is 3. The molecule has 1 saturated heterocycles. The van der Waals surface area contributed by atoms with Gasteiger partial charge in [-0.05, 0) is 25.1 Å². The largest absolute Gasteiger partial charge is 0.494 e. The zero-order chi connectivity index (χ0) is 14.6. The van der Waals surface area contributed by atoms with Crippen molar-refractivity contribution in [2.24, 2.45) is 0 Å². The molecule has 3 nitrogen and oxygen atoms in total. The fourth-order valence-corrected chi connectivity index (χ4v) is 2.29. The summed E-state index contributed by atoms with van der Waals surface area (Å²) in [7, 11) is 0. The van der Waals surface area contributed by atoms with Crippen LogP contribution in [0.3, 0.4) is 0 Å². The maximum Gasteiger partial charge on any atom is 0.416 e. The zero-order valence-electron chi connectivity index (χ0n) is 11.5. The summed E-state index contributed by atoms with van der Waals surface area (Å²) in [6.45, 7) is 6.16. The van der Waals surface area contributed by atoms with Crippen molar-refractivity contribution in [3.63, 3.8) is 0 Å². The quantitative estimate of drug-likeness (QED) is 0.921. The van der Waals surface area contributed by atoms with E-state index in [1.807, 2.05) is 6.92 Å². The van der Waals surface area contributed by atoms with Crippen molar-refractivity contribution >= 4 is 0 Å². The van der Waals surface area contributed by atoms with E-state index in [0.29, 0.717) is 24.5 Å². The Hall–Kier alpha value is -1.27. The number of benzene rings is 1. The van der Waals surface area contributed by atoms with Crippen molar-refractivity contribution in [1.82, 2.24) is 10.2 Å². The monoisotopic (exact) mass is 288 g/mol. The van der Waals surface area contributed by atoms with Gasteiger partial charge in [-0.3, -0.25) is 4.90 Å². The Bertz CT molecular complexity index is 443. The molecule has 1 heterocycles. The molecule has 20 heavy (non-hydrogen) atoms. The van der Waals surface area contributed by atoms with E-state index >= 15 is 0 Å². The van der Waals surface area contributed by atoms with E-state index in [0.717, 1.165) is 32.2 Å². The van der Waals surface area contributed by atoms with Gasteiger partial charge in [0.05, 0.1) is 12.2 Å². The van der Waals surface area contributed by atoms with Crippen LogP contribution in [0.5, 0.6) is 5.75 Å². The second kappa shape index (κ2) is 6.45. The molecule has 1 aromatic carbocycles. The zero-order valence-corrected chi connectivity index (χ0v) is 11.5. The highest BCUT2D eigenvalue weighted by Gasteiger charge is 2.31. The molecule has 0 unspecified atom stereocenters. The number of rotatable bonds is 4. The van der Waals surface area contributed by atoms with Gasteiger partial charge in [0, 0.05) is 38.3 Å². The highest BCUT2D eigenvalue weighted by atomic mass is 19.4. The number of hydrogen-bond donors (Lipinski definition) is 1. The first-order valence-electron chi connectivity index (χ1n) is 6.76. The number of ether oxygens (including phenoxy) is 1. The molecule has 0 atom stereocenters. The smallest absolute Gasteiger partial charge is 0.416 e. The van der Waals surface area contributed by atoms with E-state index in [2.05, 4.69) is 10.2 Å². The number of piperazine rings is 1. The van der Waals surface area contributed by atoms with Gasteiger partial charge in [0.25, 0.3) is 0 Å². The average Bonchev–Trinajstić information content (AvgIpc) is 2.41. The molecule has 0 saturated carbocycles. The van der Waals surface area contributed by atoms with Gasteiger partial charge >= 0.3 is 6.18 Å². The standard InChI is InChI=1S/C14H19F3N2O/c1-2-20-13-4-3-12(14(15,16)17)9-11(13)10-19-7-5-18-6-8-19/h3-4,9,18H,2,5-8,10H2,1H3. The van der Waals surface area contributed by atoms with E-state index in [1.165, 1.54) is 12.1 Å². The summed E-state index contributed by atoms with van der Waals surface area (Å²) in [5, 5.41) is 3.22. The van der Waals surface area contributed by atoms with Crippen LogP contribution in [0.25, 0.3) is 0 Å². The minimum absolute atomic E-state index is 0.444. The highest BCUT2D eigenvalue weighted by Crippen LogP contribution is 2.33. The van der Waals surface area contributed by atoms with Crippen LogP contribution < -0.4 is 10.1 Å². The molecular weight excluding hydrogens is 269 g/mol. The van der Waals surface area contributed by atoms with Gasteiger partial charge in [0.1, 0.15) is 5.75 Å². The minimum atomic E-state index is -4.32. The molecule has 1 aliphatic heterocycles. The van der Waals surface area contributed by atoms with Gasteiger partial charge < -0.3 is 10.1 Å². The summed E-state index contributed by atoms with van der Waals surface area (Å²) < 4.78 is 43.8. The molecular formula is C14H19F3N2O.